The van der Waals surface area contributed by atoms with E-state index in [0.717, 1.165) is 55.5 Å². The number of aliphatic imine (C=N–C) groups is 1. The Kier molecular flexibility index (Phi) is 9.11. The quantitative estimate of drug-likeness (QED) is 0.374. The number of nitrogens with one attached hydrogen (secondary N) is 2. The molecule has 0 spiro atoms. The van der Waals surface area contributed by atoms with Gasteiger partial charge in [-0.3, -0.25) is 9.98 Å². The van der Waals surface area contributed by atoms with Crippen LogP contribution in [0.5, 0.6) is 11.5 Å². The number of hydrogen-bond acceptors (Lipinski definition) is 4. The van der Waals surface area contributed by atoms with Crippen LogP contribution in [-0.4, -0.2) is 44.8 Å². The third kappa shape index (κ3) is 7.10. The SMILES string of the molecule is CCOc1cc(CCCNC(=NC)NCCc2ccc(C)nc2)ccc1OC. The van der Waals surface area contributed by atoms with Crippen LogP contribution in [0.4, 0.5) is 0 Å². The molecule has 2 aromatic rings. The summed E-state index contributed by atoms with van der Waals surface area (Å²) in [4.78, 5) is 8.61. The number of benzene rings is 1. The highest BCUT2D eigenvalue weighted by molar-refractivity contribution is 5.79. The van der Waals surface area contributed by atoms with Crippen LogP contribution in [0.1, 0.15) is 30.2 Å². The van der Waals surface area contributed by atoms with Crippen LogP contribution >= 0.6 is 0 Å². The minimum Gasteiger partial charge on any atom is -0.493 e. The van der Waals surface area contributed by atoms with Crippen LogP contribution in [0.3, 0.4) is 0 Å². The van der Waals surface area contributed by atoms with Crippen molar-refractivity contribution in [1.29, 1.82) is 0 Å². The molecule has 0 aliphatic carbocycles. The number of nitrogens with zero attached hydrogens (tertiary/aromatic N) is 2. The molecule has 0 unspecified atom stereocenters. The van der Waals surface area contributed by atoms with Crippen molar-refractivity contribution in [3.05, 3.63) is 53.3 Å². The Morgan fingerprint density at radius 1 is 1.04 bits per heavy atom. The highest BCUT2D eigenvalue weighted by atomic mass is 16.5. The summed E-state index contributed by atoms with van der Waals surface area (Å²) >= 11 is 0. The van der Waals surface area contributed by atoms with E-state index in [4.69, 9.17) is 9.47 Å². The van der Waals surface area contributed by atoms with E-state index in [1.165, 1.54) is 11.1 Å². The molecule has 28 heavy (non-hydrogen) atoms. The van der Waals surface area contributed by atoms with E-state index in [-0.39, 0.29) is 0 Å². The summed E-state index contributed by atoms with van der Waals surface area (Å²) in [5.74, 6) is 2.40. The number of methoxy groups -OCH3 is 1. The topological polar surface area (TPSA) is 67.8 Å². The third-order valence-electron chi connectivity index (χ3n) is 4.36. The maximum absolute atomic E-state index is 5.64. The van der Waals surface area contributed by atoms with E-state index in [2.05, 4.69) is 38.8 Å². The Morgan fingerprint density at radius 3 is 2.50 bits per heavy atom. The molecule has 1 aromatic carbocycles. The van der Waals surface area contributed by atoms with E-state index in [1.54, 1.807) is 14.2 Å². The van der Waals surface area contributed by atoms with Crippen LogP contribution in [0.25, 0.3) is 0 Å². The summed E-state index contributed by atoms with van der Waals surface area (Å²) in [5, 5.41) is 6.71. The van der Waals surface area contributed by atoms with Gasteiger partial charge in [0.2, 0.25) is 0 Å². The number of pyridine rings is 1. The van der Waals surface area contributed by atoms with Gasteiger partial charge in [0.25, 0.3) is 0 Å². The zero-order valence-electron chi connectivity index (χ0n) is 17.4. The summed E-state index contributed by atoms with van der Waals surface area (Å²) in [5.41, 5.74) is 3.50. The summed E-state index contributed by atoms with van der Waals surface area (Å²) < 4.78 is 11.0. The molecule has 152 valence electrons. The molecule has 0 radical (unpaired) electrons. The lowest BCUT2D eigenvalue weighted by atomic mass is 10.1. The second-order valence-electron chi connectivity index (χ2n) is 6.51. The largest absolute Gasteiger partial charge is 0.493 e. The second-order valence-corrected chi connectivity index (χ2v) is 6.51. The molecule has 0 amide bonds. The van der Waals surface area contributed by atoms with Gasteiger partial charge in [0.1, 0.15) is 0 Å². The second kappa shape index (κ2) is 11.8. The Labute approximate surface area is 168 Å². The molecule has 2 N–H and O–H groups in total. The van der Waals surface area contributed by atoms with E-state index >= 15 is 0 Å². The highest BCUT2D eigenvalue weighted by Gasteiger charge is 2.05. The molecule has 0 aliphatic heterocycles. The highest BCUT2D eigenvalue weighted by Crippen LogP contribution is 2.28. The lowest BCUT2D eigenvalue weighted by molar-refractivity contribution is 0.310. The molecule has 6 heteroatoms. The Bertz CT molecular complexity index is 745. The summed E-state index contributed by atoms with van der Waals surface area (Å²) in [6.45, 7) is 6.27. The summed E-state index contributed by atoms with van der Waals surface area (Å²) in [7, 11) is 3.45. The zero-order chi connectivity index (χ0) is 20.2. The molecule has 0 bridgehead atoms. The van der Waals surface area contributed by atoms with E-state index in [0.29, 0.717) is 6.61 Å². The average molecular weight is 385 g/mol. The maximum atomic E-state index is 5.64. The van der Waals surface area contributed by atoms with E-state index < -0.39 is 0 Å². The summed E-state index contributed by atoms with van der Waals surface area (Å²) in [6, 6.07) is 10.3. The van der Waals surface area contributed by atoms with Gasteiger partial charge in [-0.05, 0) is 62.4 Å². The average Bonchev–Trinajstić information content (AvgIpc) is 2.71. The van der Waals surface area contributed by atoms with Crippen molar-refractivity contribution in [2.75, 3.05) is 33.9 Å². The van der Waals surface area contributed by atoms with Crippen molar-refractivity contribution in [2.24, 2.45) is 4.99 Å². The van der Waals surface area contributed by atoms with E-state index in [1.807, 2.05) is 32.2 Å². The van der Waals surface area contributed by atoms with Gasteiger partial charge < -0.3 is 20.1 Å². The molecule has 1 heterocycles. The lowest BCUT2D eigenvalue weighted by Crippen LogP contribution is -2.38. The molecule has 0 saturated carbocycles. The molecule has 2 rings (SSSR count). The van der Waals surface area contributed by atoms with Gasteiger partial charge in [-0.1, -0.05) is 12.1 Å². The Balaban J connectivity index is 1.71. The molecule has 1 aromatic heterocycles. The molecule has 0 fully saturated rings. The Morgan fingerprint density at radius 2 is 1.82 bits per heavy atom. The van der Waals surface area contributed by atoms with Gasteiger partial charge in [-0.2, -0.15) is 0 Å². The van der Waals surface area contributed by atoms with Crippen molar-refractivity contribution < 1.29 is 9.47 Å². The lowest BCUT2D eigenvalue weighted by Gasteiger charge is -2.13. The van der Waals surface area contributed by atoms with E-state index in [9.17, 15) is 0 Å². The van der Waals surface area contributed by atoms with Crippen molar-refractivity contribution in [1.82, 2.24) is 15.6 Å². The predicted octanol–water partition coefficient (Wildman–Crippen LogP) is 3.14. The van der Waals surface area contributed by atoms with Gasteiger partial charge in [-0.25, -0.2) is 0 Å². The monoisotopic (exact) mass is 384 g/mol. The molecule has 0 saturated heterocycles. The normalized spacial score (nSPS) is 11.2. The van der Waals surface area contributed by atoms with Gasteiger partial charge in [-0.15, -0.1) is 0 Å². The number of aromatic nitrogens is 1. The first-order valence-corrected chi connectivity index (χ1v) is 9.82. The number of hydrogen-bond donors (Lipinski definition) is 2. The molecular formula is C22H32N4O2. The van der Waals surface area contributed by atoms with Crippen molar-refractivity contribution in [2.45, 2.75) is 33.1 Å². The van der Waals surface area contributed by atoms with Crippen LogP contribution in [0.2, 0.25) is 0 Å². The fourth-order valence-corrected chi connectivity index (χ4v) is 2.84. The van der Waals surface area contributed by atoms with Gasteiger partial charge in [0.05, 0.1) is 13.7 Å². The van der Waals surface area contributed by atoms with Crippen LogP contribution < -0.4 is 20.1 Å². The fraction of sp³-hybridized carbons (Fsp3) is 0.455. The van der Waals surface area contributed by atoms with Gasteiger partial charge in [0.15, 0.2) is 17.5 Å². The zero-order valence-corrected chi connectivity index (χ0v) is 17.4. The van der Waals surface area contributed by atoms with Gasteiger partial charge in [0, 0.05) is 32.0 Å². The molecular weight excluding hydrogens is 352 g/mol. The minimum absolute atomic E-state index is 0.627. The predicted molar refractivity (Wildman–Crippen MR) is 115 cm³/mol. The smallest absolute Gasteiger partial charge is 0.190 e. The van der Waals surface area contributed by atoms with Crippen LogP contribution in [0.15, 0.2) is 41.5 Å². The Hall–Kier alpha value is -2.76. The first kappa shape index (κ1) is 21.5. The minimum atomic E-state index is 0.627. The first-order chi connectivity index (χ1) is 13.7. The number of guanidine groups is 1. The summed E-state index contributed by atoms with van der Waals surface area (Å²) in [6.07, 6.45) is 4.81. The molecule has 6 nitrogen and oxygen atoms in total. The number of aryl methyl sites for hydroxylation is 2. The van der Waals surface area contributed by atoms with Crippen molar-refractivity contribution in [3.63, 3.8) is 0 Å². The molecule has 0 atom stereocenters. The fourth-order valence-electron chi connectivity index (χ4n) is 2.84. The van der Waals surface area contributed by atoms with Crippen LogP contribution in [-0.2, 0) is 12.8 Å². The maximum Gasteiger partial charge on any atom is 0.190 e. The number of rotatable bonds is 10. The van der Waals surface area contributed by atoms with Crippen LogP contribution in [0, 0.1) is 6.92 Å². The first-order valence-electron chi connectivity index (χ1n) is 9.82. The van der Waals surface area contributed by atoms with Crippen molar-refractivity contribution in [3.8, 4) is 11.5 Å². The number of ether oxygens (including phenoxy) is 2. The standard InChI is InChI=1S/C22H32N4O2/c1-5-28-21-15-18(10-11-20(21)27-4)7-6-13-24-22(23-3)25-14-12-19-9-8-17(2)26-16-19/h8-11,15-16H,5-7,12-14H2,1-4H3,(H2,23,24,25). The molecule has 0 aliphatic rings. The third-order valence-corrected chi connectivity index (χ3v) is 4.36. The van der Waals surface area contributed by atoms with Crippen molar-refractivity contribution >= 4 is 5.96 Å². The van der Waals surface area contributed by atoms with Gasteiger partial charge >= 0.3 is 0 Å².